The van der Waals surface area contributed by atoms with Gasteiger partial charge in [-0.25, -0.2) is 4.57 Å². The van der Waals surface area contributed by atoms with E-state index in [-0.39, 0.29) is 0 Å². The Morgan fingerprint density at radius 1 is 0.806 bits per heavy atom. The fourth-order valence-electron chi connectivity index (χ4n) is 4.74. The average Bonchev–Trinajstić information content (AvgIpc) is 3.29. The van der Waals surface area contributed by atoms with Crippen molar-refractivity contribution >= 4 is 21.9 Å². The molecule has 2 aromatic heterocycles. The van der Waals surface area contributed by atoms with Gasteiger partial charge < -0.3 is 4.42 Å². The highest BCUT2D eigenvalue weighted by molar-refractivity contribution is 6.13. The molecule has 172 valence electrons. The SMILES string of the molecule is Cc1ccc2c(oc3c(-c4ccc(-c5ccccc5)cc4)c(C#N)ccc32)c1-c1nc(F)nc[n+]1C. The van der Waals surface area contributed by atoms with E-state index >= 15 is 0 Å². The van der Waals surface area contributed by atoms with E-state index in [4.69, 9.17) is 4.42 Å². The van der Waals surface area contributed by atoms with E-state index in [1.165, 1.54) is 6.33 Å². The molecule has 0 saturated carbocycles. The summed E-state index contributed by atoms with van der Waals surface area (Å²) in [5, 5.41) is 11.7. The molecule has 0 unspecified atom stereocenters. The minimum Gasteiger partial charge on any atom is -0.454 e. The van der Waals surface area contributed by atoms with Gasteiger partial charge in [0.25, 0.3) is 5.82 Å². The van der Waals surface area contributed by atoms with Crippen molar-refractivity contribution in [2.45, 2.75) is 6.92 Å². The van der Waals surface area contributed by atoms with Crippen LogP contribution in [0.2, 0.25) is 0 Å². The van der Waals surface area contributed by atoms with Crippen molar-refractivity contribution in [2.75, 3.05) is 0 Å². The molecule has 6 aromatic rings. The molecule has 0 aliphatic heterocycles. The van der Waals surface area contributed by atoms with Crippen LogP contribution < -0.4 is 4.57 Å². The molecule has 0 radical (unpaired) electrons. The highest BCUT2D eigenvalue weighted by atomic mass is 19.1. The maximum absolute atomic E-state index is 14.0. The number of fused-ring (bicyclic) bond motifs is 3. The van der Waals surface area contributed by atoms with Crippen LogP contribution in [0.1, 0.15) is 11.1 Å². The zero-order chi connectivity index (χ0) is 24.8. The van der Waals surface area contributed by atoms with Crippen LogP contribution in [0.15, 0.2) is 89.6 Å². The molecule has 5 nitrogen and oxygen atoms in total. The van der Waals surface area contributed by atoms with Crippen molar-refractivity contribution in [1.29, 1.82) is 5.26 Å². The van der Waals surface area contributed by atoms with Crippen molar-refractivity contribution in [2.24, 2.45) is 7.05 Å². The second-order valence-electron chi connectivity index (χ2n) is 8.72. The summed E-state index contributed by atoms with van der Waals surface area (Å²) in [6.07, 6.45) is 0.591. The first-order chi connectivity index (χ1) is 17.5. The molecule has 6 heteroatoms. The molecule has 2 heterocycles. The molecule has 0 bridgehead atoms. The van der Waals surface area contributed by atoms with Crippen LogP contribution in [-0.2, 0) is 7.05 Å². The van der Waals surface area contributed by atoms with Gasteiger partial charge in [0, 0.05) is 16.3 Å². The molecule has 0 fully saturated rings. The first kappa shape index (κ1) is 21.6. The molecule has 4 aromatic carbocycles. The number of nitrogens with zero attached hydrogens (tertiary/aromatic N) is 4. The summed E-state index contributed by atoms with van der Waals surface area (Å²) in [5.74, 6) is 0.416. The maximum Gasteiger partial charge on any atom is 0.461 e. The molecule has 0 spiro atoms. The topological polar surface area (TPSA) is 66.6 Å². The van der Waals surface area contributed by atoms with Crippen molar-refractivity contribution in [3.05, 3.63) is 102 Å². The molecule has 0 N–H and O–H groups in total. The number of aromatic nitrogens is 3. The van der Waals surface area contributed by atoms with Gasteiger partial charge >= 0.3 is 6.08 Å². The summed E-state index contributed by atoms with van der Waals surface area (Å²) in [7, 11) is 1.77. The van der Waals surface area contributed by atoms with Gasteiger partial charge in [0.1, 0.15) is 11.2 Å². The molecular weight excluding hydrogens is 451 g/mol. The normalized spacial score (nSPS) is 11.2. The lowest BCUT2D eigenvalue weighted by atomic mass is 9.95. The van der Waals surface area contributed by atoms with Crippen molar-refractivity contribution in [3.8, 4) is 39.7 Å². The summed E-state index contributed by atoms with van der Waals surface area (Å²) in [6, 6.07) is 28.3. The highest BCUT2D eigenvalue weighted by Gasteiger charge is 2.24. The first-order valence-electron chi connectivity index (χ1n) is 11.5. The van der Waals surface area contributed by atoms with E-state index in [2.05, 4.69) is 28.2 Å². The minimum absolute atomic E-state index is 0.416. The Hall–Kier alpha value is -4.89. The van der Waals surface area contributed by atoms with Crippen LogP contribution in [0.4, 0.5) is 4.39 Å². The van der Waals surface area contributed by atoms with Crippen LogP contribution in [0.5, 0.6) is 0 Å². The summed E-state index contributed by atoms with van der Waals surface area (Å²) >= 11 is 0. The van der Waals surface area contributed by atoms with Crippen LogP contribution >= 0.6 is 0 Å². The number of halogens is 1. The fourth-order valence-corrected chi connectivity index (χ4v) is 4.74. The number of hydrogen-bond acceptors (Lipinski definition) is 4. The van der Waals surface area contributed by atoms with Crippen LogP contribution in [0, 0.1) is 24.3 Å². The first-order valence-corrected chi connectivity index (χ1v) is 11.5. The summed E-state index contributed by atoms with van der Waals surface area (Å²) in [6.45, 7) is 1.94. The molecule has 0 aliphatic rings. The van der Waals surface area contributed by atoms with Gasteiger partial charge in [0.15, 0.2) is 0 Å². The van der Waals surface area contributed by atoms with Crippen molar-refractivity contribution in [1.82, 2.24) is 9.97 Å². The molecule has 6 rings (SSSR count). The Morgan fingerprint density at radius 2 is 1.44 bits per heavy atom. The zero-order valence-corrected chi connectivity index (χ0v) is 19.7. The van der Waals surface area contributed by atoms with Crippen molar-refractivity contribution in [3.63, 3.8) is 0 Å². The minimum atomic E-state index is -0.804. The third kappa shape index (κ3) is 3.41. The Morgan fingerprint density at radius 3 is 2.17 bits per heavy atom. The van der Waals surface area contributed by atoms with Crippen LogP contribution in [0.3, 0.4) is 0 Å². The standard InChI is InChI=1S/C30H20FN4O/c1-18-8-14-23-24-15-13-22(16-32)26(21-11-9-20(10-12-21)19-6-4-3-5-7-19)28(24)36-27(23)25(18)29-34-30(31)33-17-35(29)2/h3-15,17H,1-2H3/q+1. The van der Waals surface area contributed by atoms with E-state index in [0.717, 1.165) is 38.6 Å². The Labute approximate surface area is 206 Å². The number of rotatable bonds is 3. The van der Waals surface area contributed by atoms with Crippen LogP contribution in [-0.4, -0.2) is 9.97 Å². The van der Waals surface area contributed by atoms with Gasteiger partial charge in [-0.15, -0.1) is 4.39 Å². The molecule has 0 saturated heterocycles. The summed E-state index contributed by atoms with van der Waals surface area (Å²) in [5.41, 5.74) is 7.13. The number of nitriles is 1. The number of furan rings is 1. The van der Waals surface area contributed by atoms with Crippen molar-refractivity contribution < 1.29 is 13.4 Å². The number of benzene rings is 4. The van der Waals surface area contributed by atoms with Gasteiger partial charge in [-0.1, -0.05) is 66.7 Å². The molecule has 36 heavy (non-hydrogen) atoms. The lowest BCUT2D eigenvalue weighted by Gasteiger charge is -2.07. The quantitative estimate of drug-likeness (QED) is 0.276. The molecular formula is C30H20FN4O+. The predicted molar refractivity (Wildman–Crippen MR) is 136 cm³/mol. The van der Waals surface area contributed by atoms with Crippen LogP contribution in [0.25, 0.3) is 55.6 Å². The van der Waals surface area contributed by atoms with E-state index in [0.29, 0.717) is 28.1 Å². The molecule has 0 amide bonds. The Balaban J connectivity index is 1.62. The highest BCUT2D eigenvalue weighted by Crippen LogP contribution is 2.41. The van der Waals surface area contributed by atoms with E-state index in [1.54, 1.807) is 11.6 Å². The molecule has 0 aliphatic carbocycles. The smallest absolute Gasteiger partial charge is 0.454 e. The Bertz CT molecular complexity index is 1820. The second kappa shape index (κ2) is 8.40. The third-order valence-corrected chi connectivity index (χ3v) is 6.51. The number of aryl methyl sites for hydroxylation is 2. The van der Waals surface area contributed by atoms with E-state index < -0.39 is 6.08 Å². The third-order valence-electron chi connectivity index (χ3n) is 6.51. The fraction of sp³-hybridized carbons (Fsp3) is 0.0667. The summed E-state index contributed by atoms with van der Waals surface area (Å²) in [4.78, 5) is 7.69. The monoisotopic (exact) mass is 471 g/mol. The van der Waals surface area contributed by atoms with Gasteiger partial charge in [-0.3, -0.25) is 0 Å². The second-order valence-corrected chi connectivity index (χ2v) is 8.72. The van der Waals surface area contributed by atoms with E-state index in [9.17, 15) is 9.65 Å². The van der Waals surface area contributed by atoms with Gasteiger partial charge in [-0.05, 0) is 51.3 Å². The zero-order valence-electron chi connectivity index (χ0n) is 19.7. The average molecular weight is 472 g/mol. The summed E-state index contributed by atoms with van der Waals surface area (Å²) < 4.78 is 22.2. The van der Waals surface area contributed by atoms with E-state index in [1.807, 2.05) is 73.7 Å². The predicted octanol–water partition coefficient (Wildman–Crippen LogP) is 6.52. The maximum atomic E-state index is 14.0. The lowest BCUT2D eigenvalue weighted by Crippen LogP contribution is -2.33. The van der Waals surface area contributed by atoms with Gasteiger partial charge in [-0.2, -0.15) is 5.26 Å². The number of hydrogen-bond donors (Lipinski definition) is 0. The lowest BCUT2D eigenvalue weighted by molar-refractivity contribution is -0.666. The molecule has 0 atom stereocenters. The van der Waals surface area contributed by atoms with Gasteiger partial charge in [0.05, 0.1) is 24.2 Å². The Kier molecular flexibility index (Phi) is 5.05. The largest absolute Gasteiger partial charge is 0.461 e. The van der Waals surface area contributed by atoms with Gasteiger partial charge in [0.2, 0.25) is 6.33 Å².